The van der Waals surface area contributed by atoms with Gasteiger partial charge in [0.25, 0.3) is 0 Å². The van der Waals surface area contributed by atoms with E-state index in [0.29, 0.717) is 35.0 Å². The minimum absolute atomic E-state index is 0.0370. The maximum absolute atomic E-state index is 12.4. The molecule has 0 radical (unpaired) electrons. The van der Waals surface area contributed by atoms with E-state index in [9.17, 15) is 19.2 Å². The van der Waals surface area contributed by atoms with Gasteiger partial charge in [-0.2, -0.15) is 0 Å². The Morgan fingerprint density at radius 1 is 0.882 bits per heavy atom. The van der Waals surface area contributed by atoms with Gasteiger partial charge < -0.3 is 16.0 Å². The number of hydrogen-bond donors (Lipinski definition) is 3. The van der Waals surface area contributed by atoms with Crippen LogP contribution in [0.4, 0.5) is 0 Å². The van der Waals surface area contributed by atoms with Crippen molar-refractivity contribution in [1.82, 2.24) is 16.0 Å². The second-order valence-electron chi connectivity index (χ2n) is 11.2. The second kappa shape index (κ2) is 14.5. The van der Waals surface area contributed by atoms with Gasteiger partial charge in [-0.25, -0.2) is 0 Å². The largest absolute Gasteiger partial charge is 0.355 e. The molecular weight excluding hydrogens is 470 g/mol. The molecule has 1 rings (SSSR count). The van der Waals surface area contributed by atoms with Crippen LogP contribution in [-0.2, 0) is 19.2 Å². The Morgan fingerprint density at radius 3 is 1.97 bits per heavy atom. The van der Waals surface area contributed by atoms with Gasteiger partial charge >= 0.3 is 0 Å². The maximum atomic E-state index is 12.4. The number of carbonyl (C=O) groups is 4. The third kappa shape index (κ3) is 13.1. The average molecular weight is 516 g/mol. The lowest BCUT2D eigenvalue weighted by atomic mass is 9.92. The highest BCUT2D eigenvalue weighted by molar-refractivity contribution is 8.04. The van der Waals surface area contributed by atoms with Crippen LogP contribution in [0.1, 0.15) is 80.6 Å². The minimum Gasteiger partial charge on any atom is -0.355 e. The number of amides is 2. The summed E-state index contributed by atoms with van der Waals surface area (Å²) in [6.07, 6.45) is 4.44. The monoisotopic (exact) mass is 515 g/mol. The number of thioether (sulfide) groups is 2. The molecule has 0 spiro atoms. The SMILES string of the molecule is CC(=O)CNC(=O)C(CCCCNC(=O)CSC1CCC1SCC(=O)C(C)(C)C)NC(C)(C)C. The van der Waals surface area contributed by atoms with Gasteiger partial charge in [-0.05, 0) is 59.8 Å². The van der Waals surface area contributed by atoms with E-state index in [1.807, 2.05) is 41.5 Å². The topological polar surface area (TPSA) is 104 Å². The molecule has 0 aromatic rings. The van der Waals surface area contributed by atoms with Crippen LogP contribution in [0.25, 0.3) is 0 Å². The number of unbranched alkanes of at least 4 members (excludes halogenated alkanes) is 1. The maximum Gasteiger partial charge on any atom is 0.237 e. The fraction of sp³-hybridized carbons (Fsp3) is 0.840. The Hall–Kier alpha value is -1.06. The van der Waals surface area contributed by atoms with Crippen molar-refractivity contribution in [2.45, 2.75) is 103 Å². The van der Waals surface area contributed by atoms with Crippen LogP contribution in [-0.4, -0.2) is 70.1 Å². The van der Waals surface area contributed by atoms with Gasteiger partial charge in [-0.1, -0.05) is 20.8 Å². The van der Waals surface area contributed by atoms with E-state index in [1.54, 1.807) is 23.5 Å². The second-order valence-corrected chi connectivity index (χ2v) is 13.6. The first-order chi connectivity index (χ1) is 15.7. The summed E-state index contributed by atoms with van der Waals surface area (Å²) in [7, 11) is 0. The molecule has 196 valence electrons. The van der Waals surface area contributed by atoms with E-state index < -0.39 is 0 Å². The molecule has 0 aromatic carbocycles. The summed E-state index contributed by atoms with van der Waals surface area (Å²) in [5, 5.41) is 9.89. The molecule has 0 saturated heterocycles. The molecule has 3 unspecified atom stereocenters. The molecule has 7 nitrogen and oxygen atoms in total. The lowest BCUT2D eigenvalue weighted by Gasteiger charge is -2.35. The Labute approximate surface area is 214 Å². The summed E-state index contributed by atoms with van der Waals surface area (Å²) in [5.74, 6) is 1.07. The van der Waals surface area contributed by atoms with E-state index in [2.05, 4.69) is 16.0 Å². The van der Waals surface area contributed by atoms with Crippen LogP contribution in [0.2, 0.25) is 0 Å². The summed E-state index contributed by atoms with van der Waals surface area (Å²) in [6.45, 7) is 14.0. The Kier molecular flexibility index (Phi) is 13.2. The van der Waals surface area contributed by atoms with Gasteiger partial charge in [-0.3, -0.25) is 19.2 Å². The van der Waals surface area contributed by atoms with Crippen LogP contribution in [0, 0.1) is 5.41 Å². The molecule has 9 heteroatoms. The molecule has 3 atom stereocenters. The third-order valence-electron chi connectivity index (χ3n) is 5.52. The van der Waals surface area contributed by atoms with Gasteiger partial charge in [0.2, 0.25) is 11.8 Å². The Balaban J connectivity index is 2.26. The van der Waals surface area contributed by atoms with E-state index >= 15 is 0 Å². The van der Waals surface area contributed by atoms with Crippen molar-refractivity contribution in [2.75, 3.05) is 24.6 Å². The van der Waals surface area contributed by atoms with Crippen molar-refractivity contribution in [3.8, 4) is 0 Å². The van der Waals surface area contributed by atoms with Gasteiger partial charge in [-0.15, -0.1) is 23.5 Å². The number of rotatable bonds is 15. The zero-order valence-electron chi connectivity index (χ0n) is 22.0. The molecule has 0 bridgehead atoms. The summed E-state index contributed by atoms with van der Waals surface area (Å²) >= 11 is 3.43. The fourth-order valence-electron chi connectivity index (χ4n) is 3.28. The highest BCUT2D eigenvalue weighted by atomic mass is 32.2. The molecule has 1 saturated carbocycles. The standard InChI is InChI=1S/C25H45N3O4S2/c1-17(29)14-27-23(32)18(28-25(5,6)7)10-8-9-13-26-22(31)16-34-20-12-11-19(20)33-15-21(30)24(2,3)4/h18-20,28H,8-16H2,1-7H3,(H,26,31)(H,27,32). The van der Waals surface area contributed by atoms with Crippen molar-refractivity contribution in [1.29, 1.82) is 0 Å². The summed E-state index contributed by atoms with van der Waals surface area (Å²) in [6, 6.07) is -0.371. The third-order valence-corrected chi connectivity index (χ3v) is 8.54. The fourth-order valence-corrected chi connectivity index (χ4v) is 6.33. The van der Waals surface area contributed by atoms with Crippen LogP contribution < -0.4 is 16.0 Å². The average Bonchev–Trinajstić information content (AvgIpc) is 2.68. The van der Waals surface area contributed by atoms with Crippen molar-refractivity contribution < 1.29 is 19.2 Å². The first-order valence-corrected chi connectivity index (χ1v) is 14.4. The number of Topliss-reactive ketones (excluding diaryl/α,β-unsaturated/α-hetero) is 2. The quantitative estimate of drug-likeness (QED) is 0.287. The first kappa shape index (κ1) is 31.0. The van der Waals surface area contributed by atoms with Crippen LogP contribution in [0.3, 0.4) is 0 Å². The van der Waals surface area contributed by atoms with E-state index in [-0.39, 0.29) is 46.9 Å². The molecule has 0 aromatic heterocycles. The van der Waals surface area contributed by atoms with Crippen molar-refractivity contribution in [3.05, 3.63) is 0 Å². The molecule has 34 heavy (non-hydrogen) atoms. The lowest BCUT2D eigenvalue weighted by molar-refractivity contribution is -0.126. The molecule has 1 aliphatic rings. The predicted molar refractivity (Wildman–Crippen MR) is 143 cm³/mol. The normalized spacial score (nSPS) is 19.1. The van der Waals surface area contributed by atoms with Crippen molar-refractivity contribution >= 4 is 46.9 Å². The van der Waals surface area contributed by atoms with Crippen LogP contribution in [0.15, 0.2) is 0 Å². The zero-order valence-corrected chi connectivity index (χ0v) is 23.7. The predicted octanol–water partition coefficient (Wildman–Crippen LogP) is 3.35. The van der Waals surface area contributed by atoms with Crippen LogP contribution in [0.5, 0.6) is 0 Å². The lowest BCUT2D eigenvalue weighted by Crippen LogP contribution is -2.52. The van der Waals surface area contributed by atoms with Gasteiger partial charge in [0.1, 0.15) is 11.6 Å². The number of ketones is 2. The van der Waals surface area contributed by atoms with Gasteiger partial charge in [0, 0.05) is 28.0 Å². The molecule has 2 amide bonds. The van der Waals surface area contributed by atoms with Gasteiger partial charge in [0.05, 0.1) is 24.1 Å². The van der Waals surface area contributed by atoms with E-state index in [1.165, 1.54) is 6.92 Å². The molecule has 0 aliphatic heterocycles. The van der Waals surface area contributed by atoms with Crippen molar-refractivity contribution in [3.63, 3.8) is 0 Å². The Bertz CT molecular complexity index is 701. The van der Waals surface area contributed by atoms with Gasteiger partial charge in [0.15, 0.2) is 0 Å². The van der Waals surface area contributed by atoms with Crippen molar-refractivity contribution in [2.24, 2.45) is 5.41 Å². The van der Waals surface area contributed by atoms with E-state index in [0.717, 1.165) is 25.7 Å². The summed E-state index contributed by atoms with van der Waals surface area (Å²) in [5.41, 5.74) is -0.512. The highest BCUT2D eigenvalue weighted by Gasteiger charge is 2.33. The molecule has 0 heterocycles. The number of hydrogen-bond acceptors (Lipinski definition) is 7. The molecule has 3 N–H and O–H groups in total. The highest BCUT2D eigenvalue weighted by Crippen LogP contribution is 2.40. The van der Waals surface area contributed by atoms with E-state index in [4.69, 9.17) is 0 Å². The molecular formula is C25H45N3O4S2. The number of nitrogens with one attached hydrogen (secondary N) is 3. The minimum atomic E-state index is -0.371. The Morgan fingerprint density at radius 2 is 1.47 bits per heavy atom. The summed E-state index contributed by atoms with van der Waals surface area (Å²) < 4.78 is 0. The zero-order chi connectivity index (χ0) is 25.9. The molecule has 1 aliphatic carbocycles. The summed E-state index contributed by atoms with van der Waals surface area (Å²) in [4.78, 5) is 47.9. The molecule has 1 fully saturated rings. The number of carbonyl (C=O) groups excluding carboxylic acids is 4. The van der Waals surface area contributed by atoms with Crippen LogP contribution >= 0.6 is 23.5 Å². The first-order valence-electron chi connectivity index (χ1n) is 12.3. The smallest absolute Gasteiger partial charge is 0.237 e.